The van der Waals surface area contributed by atoms with Gasteiger partial charge >= 0.3 is 0 Å². The van der Waals surface area contributed by atoms with E-state index in [2.05, 4.69) is 26.1 Å². The molecule has 2 nitrogen and oxygen atoms in total. The smallest absolute Gasteiger partial charge is 0.161 e. The van der Waals surface area contributed by atoms with Gasteiger partial charge in [0.2, 0.25) is 0 Å². The number of rotatable bonds is 1. The predicted molar refractivity (Wildman–Crippen MR) is 78.3 cm³/mol. The number of halogens is 1. The molecule has 2 rings (SSSR count). The lowest BCUT2D eigenvalue weighted by molar-refractivity contribution is 0.477. The number of nitrogens with zero attached hydrogens (tertiary/aromatic N) is 1. The van der Waals surface area contributed by atoms with Crippen molar-refractivity contribution in [1.82, 2.24) is 0 Å². The van der Waals surface area contributed by atoms with E-state index in [0.717, 1.165) is 22.3 Å². The minimum atomic E-state index is 0.0272. The van der Waals surface area contributed by atoms with E-state index in [0.29, 0.717) is 5.25 Å². The summed E-state index contributed by atoms with van der Waals surface area (Å²) in [5.41, 5.74) is 1.06. The number of hydrogen-bond acceptors (Lipinski definition) is 3. The molecular formula is C13H17ClN2S. The summed E-state index contributed by atoms with van der Waals surface area (Å²) in [4.78, 5) is 4.72. The number of benzene rings is 1. The van der Waals surface area contributed by atoms with E-state index < -0.39 is 0 Å². The Morgan fingerprint density at radius 3 is 2.59 bits per heavy atom. The lowest BCUT2D eigenvalue weighted by atomic mass is 10.00. The van der Waals surface area contributed by atoms with Crippen molar-refractivity contribution in [3.8, 4) is 0 Å². The average Bonchev–Trinajstić information content (AvgIpc) is 2.18. The van der Waals surface area contributed by atoms with Crippen LogP contribution >= 0.6 is 23.4 Å². The van der Waals surface area contributed by atoms with E-state index in [4.69, 9.17) is 16.6 Å². The molecule has 4 heteroatoms. The SMILES string of the molecule is CC1CC(C)(C)N=C(Nc2ccc(Cl)cc2)S1. The van der Waals surface area contributed by atoms with E-state index in [1.807, 2.05) is 24.3 Å². The number of anilines is 1. The van der Waals surface area contributed by atoms with Crippen LogP contribution in [0, 0.1) is 0 Å². The molecule has 1 unspecified atom stereocenters. The Kier molecular flexibility index (Phi) is 3.69. The van der Waals surface area contributed by atoms with E-state index in [1.165, 1.54) is 0 Å². The third kappa shape index (κ3) is 3.65. The van der Waals surface area contributed by atoms with Gasteiger partial charge in [0.25, 0.3) is 0 Å². The van der Waals surface area contributed by atoms with Crippen LogP contribution in [0.15, 0.2) is 29.3 Å². The largest absolute Gasteiger partial charge is 0.335 e. The molecule has 0 radical (unpaired) electrons. The van der Waals surface area contributed by atoms with Crippen molar-refractivity contribution in [2.75, 3.05) is 5.32 Å². The van der Waals surface area contributed by atoms with Crippen molar-refractivity contribution in [2.45, 2.75) is 38.0 Å². The van der Waals surface area contributed by atoms with E-state index in [9.17, 15) is 0 Å². The normalized spacial score (nSPS) is 23.1. The van der Waals surface area contributed by atoms with Gasteiger partial charge in [0.05, 0.1) is 5.54 Å². The molecular weight excluding hydrogens is 252 g/mol. The summed E-state index contributed by atoms with van der Waals surface area (Å²) in [5.74, 6) is 0. The number of hydrogen-bond donors (Lipinski definition) is 1. The molecule has 1 aromatic carbocycles. The Hall–Kier alpha value is -0.670. The highest BCUT2D eigenvalue weighted by atomic mass is 35.5. The molecule has 92 valence electrons. The quantitative estimate of drug-likeness (QED) is 0.816. The number of aliphatic imine (C=N–C) groups is 1. The fourth-order valence-electron chi connectivity index (χ4n) is 2.00. The molecule has 0 aliphatic carbocycles. The molecule has 0 saturated heterocycles. The molecule has 0 aromatic heterocycles. The molecule has 1 heterocycles. The lowest BCUT2D eigenvalue weighted by Gasteiger charge is -2.30. The van der Waals surface area contributed by atoms with Crippen LogP contribution in [0.5, 0.6) is 0 Å². The monoisotopic (exact) mass is 268 g/mol. The molecule has 0 fully saturated rings. The van der Waals surface area contributed by atoms with Gasteiger partial charge in [-0.15, -0.1) is 0 Å². The molecule has 1 N–H and O–H groups in total. The van der Waals surface area contributed by atoms with Gasteiger partial charge in [0.15, 0.2) is 5.17 Å². The van der Waals surface area contributed by atoms with Gasteiger partial charge in [-0.1, -0.05) is 30.3 Å². The zero-order valence-electron chi connectivity index (χ0n) is 10.3. The van der Waals surface area contributed by atoms with Crippen LogP contribution < -0.4 is 5.32 Å². The summed E-state index contributed by atoms with van der Waals surface area (Å²) in [6.07, 6.45) is 1.11. The minimum Gasteiger partial charge on any atom is -0.335 e. The molecule has 17 heavy (non-hydrogen) atoms. The van der Waals surface area contributed by atoms with Crippen LogP contribution in [0.4, 0.5) is 5.69 Å². The van der Waals surface area contributed by atoms with Crippen molar-refractivity contribution in [1.29, 1.82) is 0 Å². The van der Waals surface area contributed by atoms with Gasteiger partial charge in [0, 0.05) is 16.0 Å². The standard InChI is InChI=1S/C13H17ClN2S/c1-9-8-13(2,3)16-12(17-9)15-11-6-4-10(14)5-7-11/h4-7,9H,8H2,1-3H3,(H,15,16). The highest BCUT2D eigenvalue weighted by Crippen LogP contribution is 2.32. The van der Waals surface area contributed by atoms with E-state index in [1.54, 1.807) is 11.8 Å². The summed E-state index contributed by atoms with van der Waals surface area (Å²) in [5, 5.41) is 5.69. The topological polar surface area (TPSA) is 24.4 Å². The highest BCUT2D eigenvalue weighted by Gasteiger charge is 2.27. The van der Waals surface area contributed by atoms with Crippen molar-refractivity contribution >= 4 is 34.2 Å². The Morgan fingerprint density at radius 1 is 1.35 bits per heavy atom. The van der Waals surface area contributed by atoms with Crippen molar-refractivity contribution in [2.24, 2.45) is 4.99 Å². The molecule has 0 amide bonds. The zero-order valence-corrected chi connectivity index (χ0v) is 11.9. The van der Waals surface area contributed by atoms with Gasteiger partial charge in [-0.3, -0.25) is 4.99 Å². The Bertz CT molecular complexity index is 426. The maximum absolute atomic E-state index is 5.86. The zero-order chi connectivity index (χ0) is 12.5. The maximum Gasteiger partial charge on any atom is 0.161 e. The Balaban J connectivity index is 2.13. The first-order valence-electron chi connectivity index (χ1n) is 5.74. The van der Waals surface area contributed by atoms with Gasteiger partial charge in [-0.25, -0.2) is 0 Å². The summed E-state index contributed by atoms with van der Waals surface area (Å²) in [6.45, 7) is 6.59. The lowest BCUT2D eigenvalue weighted by Crippen LogP contribution is -2.31. The van der Waals surface area contributed by atoms with Gasteiger partial charge in [0.1, 0.15) is 0 Å². The maximum atomic E-state index is 5.86. The number of amidine groups is 1. The first kappa shape index (κ1) is 12.8. The Morgan fingerprint density at radius 2 is 2.00 bits per heavy atom. The second-order valence-electron chi connectivity index (χ2n) is 4.99. The number of thioether (sulfide) groups is 1. The average molecular weight is 269 g/mol. The fourth-order valence-corrected chi connectivity index (χ4v) is 3.47. The summed E-state index contributed by atoms with van der Waals surface area (Å²) >= 11 is 7.65. The third-order valence-electron chi connectivity index (χ3n) is 2.60. The van der Waals surface area contributed by atoms with Gasteiger partial charge < -0.3 is 5.32 Å². The van der Waals surface area contributed by atoms with E-state index >= 15 is 0 Å². The van der Waals surface area contributed by atoms with Crippen molar-refractivity contribution < 1.29 is 0 Å². The summed E-state index contributed by atoms with van der Waals surface area (Å²) < 4.78 is 0. The van der Waals surface area contributed by atoms with Crippen molar-refractivity contribution in [3.05, 3.63) is 29.3 Å². The molecule has 1 atom stereocenters. The highest BCUT2D eigenvalue weighted by molar-refractivity contribution is 8.14. The van der Waals surface area contributed by atoms with Gasteiger partial charge in [-0.05, 0) is 44.5 Å². The molecule has 0 spiro atoms. The number of nitrogens with one attached hydrogen (secondary N) is 1. The van der Waals surface area contributed by atoms with E-state index in [-0.39, 0.29) is 5.54 Å². The fraction of sp³-hybridized carbons (Fsp3) is 0.462. The second-order valence-corrected chi connectivity index (χ2v) is 6.86. The second kappa shape index (κ2) is 4.91. The minimum absolute atomic E-state index is 0.0272. The first-order chi connectivity index (χ1) is 7.94. The predicted octanol–water partition coefficient (Wildman–Crippen LogP) is 4.41. The molecule has 0 saturated carbocycles. The Labute approximate surface area is 112 Å². The first-order valence-corrected chi connectivity index (χ1v) is 6.99. The third-order valence-corrected chi connectivity index (χ3v) is 3.84. The van der Waals surface area contributed by atoms with Crippen LogP contribution in [0.1, 0.15) is 27.2 Å². The molecule has 1 aromatic rings. The van der Waals surface area contributed by atoms with Crippen LogP contribution in [-0.4, -0.2) is 16.0 Å². The van der Waals surface area contributed by atoms with Crippen LogP contribution in [0.3, 0.4) is 0 Å². The van der Waals surface area contributed by atoms with Crippen LogP contribution in [0.2, 0.25) is 5.02 Å². The summed E-state index contributed by atoms with van der Waals surface area (Å²) in [6, 6.07) is 7.70. The van der Waals surface area contributed by atoms with Crippen molar-refractivity contribution in [3.63, 3.8) is 0 Å². The van der Waals surface area contributed by atoms with Gasteiger partial charge in [-0.2, -0.15) is 0 Å². The van der Waals surface area contributed by atoms with Crippen LogP contribution in [0.25, 0.3) is 0 Å². The van der Waals surface area contributed by atoms with Crippen LogP contribution in [-0.2, 0) is 0 Å². The molecule has 1 aliphatic rings. The molecule has 1 aliphatic heterocycles. The summed E-state index contributed by atoms with van der Waals surface area (Å²) in [7, 11) is 0. The molecule has 0 bridgehead atoms.